The number of esters is 1. The number of rotatable bonds is 5. The Balaban J connectivity index is 1.56. The average molecular weight is 419 g/mol. The number of nitrogens with zero attached hydrogens (tertiary/aromatic N) is 1. The fraction of sp³-hybridized carbons (Fsp3) is 0.292. The summed E-state index contributed by atoms with van der Waals surface area (Å²) in [6, 6.07) is 14.6. The lowest BCUT2D eigenvalue weighted by molar-refractivity contribution is -0.119. The van der Waals surface area contributed by atoms with E-state index < -0.39 is 18.0 Å². The van der Waals surface area contributed by atoms with E-state index in [1.54, 1.807) is 29.2 Å². The number of aryl methyl sites for hydroxylation is 2. The van der Waals surface area contributed by atoms with Crippen molar-refractivity contribution < 1.29 is 19.1 Å². The van der Waals surface area contributed by atoms with Gasteiger partial charge in [0.1, 0.15) is 11.8 Å². The molecular formula is C24H25N3O4. The molecule has 0 unspecified atom stereocenters. The Morgan fingerprint density at radius 3 is 2.55 bits per heavy atom. The van der Waals surface area contributed by atoms with Crippen LogP contribution in [0.15, 0.2) is 48.5 Å². The lowest BCUT2D eigenvalue weighted by Crippen LogP contribution is -2.31. The molecule has 1 saturated heterocycles. The molecular weight excluding hydrogens is 394 g/mol. The van der Waals surface area contributed by atoms with Gasteiger partial charge in [-0.05, 0) is 43.7 Å². The van der Waals surface area contributed by atoms with Gasteiger partial charge < -0.3 is 20.4 Å². The number of benzene rings is 2. The van der Waals surface area contributed by atoms with E-state index in [2.05, 4.69) is 4.98 Å². The minimum absolute atomic E-state index is 0.0431. The number of ether oxygens (including phenoxy) is 1. The standard InChI is InChI=1S/C24H25N3O4/c1-14-8-9-19-18(10-14)15(2)22(26-19)23(29)27-12-17(11-21(25)28)20(13-27)31-24(30)16-6-4-3-5-7-16/h3-10,17,20,26H,11-13H2,1-2H3,(H2,25,28)/t17-,20+/m0/s1. The molecule has 1 aliphatic rings. The molecule has 0 aliphatic carbocycles. The number of carbonyl (C=O) groups excluding carboxylic acids is 3. The van der Waals surface area contributed by atoms with Gasteiger partial charge in [-0.3, -0.25) is 9.59 Å². The summed E-state index contributed by atoms with van der Waals surface area (Å²) in [7, 11) is 0. The van der Waals surface area contributed by atoms with Gasteiger partial charge in [0.05, 0.1) is 12.1 Å². The summed E-state index contributed by atoms with van der Waals surface area (Å²) in [5.41, 5.74) is 9.22. The molecule has 1 fully saturated rings. The number of hydrogen-bond acceptors (Lipinski definition) is 4. The zero-order chi connectivity index (χ0) is 22.1. The molecule has 0 saturated carbocycles. The van der Waals surface area contributed by atoms with E-state index in [1.807, 2.05) is 38.1 Å². The van der Waals surface area contributed by atoms with Crippen LogP contribution in [0.25, 0.3) is 10.9 Å². The van der Waals surface area contributed by atoms with Gasteiger partial charge in [0.15, 0.2) is 0 Å². The fourth-order valence-electron chi connectivity index (χ4n) is 4.19. The van der Waals surface area contributed by atoms with E-state index in [0.717, 1.165) is 22.0 Å². The van der Waals surface area contributed by atoms with Crippen molar-refractivity contribution in [2.45, 2.75) is 26.4 Å². The summed E-state index contributed by atoms with van der Waals surface area (Å²) in [5.74, 6) is -1.50. The third kappa shape index (κ3) is 4.17. The SMILES string of the molecule is Cc1ccc2[nH]c(C(=O)N3C[C@H](CC(N)=O)[C@H](OC(=O)c4ccccc4)C3)c(C)c2c1. The summed E-state index contributed by atoms with van der Waals surface area (Å²) in [4.78, 5) is 42.2. The third-order valence-electron chi connectivity index (χ3n) is 5.83. The van der Waals surface area contributed by atoms with Crippen LogP contribution >= 0.6 is 0 Å². The molecule has 2 amide bonds. The smallest absolute Gasteiger partial charge is 0.338 e. The van der Waals surface area contributed by atoms with Gasteiger partial charge >= 0.3 is 5.97 Å². The lowest BCUT2D eigenvalue weighted by Gasteiger charge is -2.17. The quantitative estimate of drug-likeness (QED) is 0.620. The van der Waals surface area contributed by atoms with Crippen molar-refractivity contribution in [2.75, 3.05) is 13.1 Å². The van der Waals surface area contributed by atoms with E-state index >= 15 is 0 Å². The number of fused-ring (bicyclic) bond motifs is 1. The van der Waals surface area contributed by atoms with Crippen LogP contribution in [0.4, 0.5) is 0 Å². The lowest BCUT2D eigenvalue weighted by atomic mass is 10.0. The monoisotopic (exact) mass is 419 g/mol. The second-order valence-electron chi connectivity index (χ2n) is 8.12. The molecule has 0 bridgehead atoms. The molecule has 7 nitrogen and oxygen atoms in total. The highest BCUT2D eigenvalue weighted by Gasteiger charge is 2.39. The minimum atomic E-state index is -0.601. The fourth-order valence-corrected chi connectivity index (χ4v) is 4.19. The highest BCUT2D eigenvalue weighted by molar-refractivity contribution is 6.01. The van der Waals surface area contributed by atoms with Crippen molar-refractivity contribution in [2.24, 2.45) is 11.7 Å². The van der Waals surface area contributed by atoms with Crippen LogP contribution < -0.4 is 5.73 Å². The molecule has 4 rings (SSSR count). The molecule has 0 spiro atoms. The van der Waals surface area contributed by atoms with Gasteiger partial charge in [-0.1, -0.05) is 29.8 Å². The van der Waals surface area contributed by atoms with Crippen molar-refractivity contribution in [1.82, 2.24) is 9.88 Å². The Morgan fingerprint density at radius 1 is 1.10 bits per heavy atom. The first kappa shape index (κ1) is 20.7. The Hall–Kier alpha value is -3.61. The number of amides is 2. The Labute approximate surface area is 180 Å². The van der Waals surface area contributed by atoms with Crippen molar-refractivity contribution >= 4 is 28.7 Å². The van der Waals surface area contributed by atoms with E-state index in [4.69, 9.17) is 10.5 Å². The molecule has 2 heterocycles. The summed E-state index contributed by atoms with van der Waals surface area (Å²) < 4.78 is 5.68. The van der Waals surface area contributed by atoms with Gasteiger partial charge in [0.2, 0.25) is 5.91 Å². The molecule has 1 aromatic heterocycles. The normalized spacial score (nSPS) is 18.3. The number of primary amides is 1. The predicted octanol–water partition coefficient (Wildman–Crippen LogP) is 2.96. The highest BCUT2D eigenvalue weighted by atomic mass is 16.5. The summed E-state index contributed by atoms with van der Waals surface area (Å²) in [5, 5.41) is 1.00. The molecule has 2 aromatic carbocycles. The highest BCUT2D eigenvalue weighted by Crippen LogP contribution is 2.28. The first-order valence-corrected chi connectivity index (χ1v) is 10.3. The number of nitrogens with two attached hydrogens (primary N) is 1. The summed E-state index contributed by atoms with van der Waals surface area (Å²) in [6.07, 6.45) is -0.558. The maximum atomic E-state index is 13.3. The Morgan fingerprint density at radius 2 is 1.84 bits per heavy atom. The van der Waals surface area contributed by atoms with E-state index in [-0.39, 0.29) is 24.8 Å². The molecule has 1 aliphatic heterocycles. The molecule has 2 atom stereocenters. The van der Waals surface area contributed by atoms with Crippen molar-refractivity contribution in [1.29, 1.82) is 0 Å². The van der Waals surface area contributed by atoms with Crippen LogP contribution in [0.3, 0.4) is 0 Å². The average Bonchev–Trinajstić information content (AvgIpc) is 3.28. The molecule has 160 valence electrons. The zero-order valence-electron chi connectivity index (χ0n) is 17.6. The topological polar surface area (TPSA) is 105 Å². The summed E-state index contributed by atoms with van der Waals surface area (Å²) in [6.45, 7) is 4.43. The van der Waals surface area contributed by atoms with Crippen molar-refractivity contribution in [3.05, 3.63) is 70.9 Å². The number of aromatic nitrogens is 1. The largest absolute Gasteiger partial charge is 0.457 e. The van der Waals surface area contributed by atoms with Gasteiger partial charge in [-0.2, -0.15) is 0 Å². The Kier molecular flexibility index (Phi) is 5.50. The number of H-pyrrole nitrogens is 1. The maximum absolute atomic E-state index is 13.3. The molecule has 31 heavy (non-hydrogen) atoms. The number of hydrogen-bond donors (Lipinski definition) is 2. The third-order valence-corrected chi connectivity index (χ3v) is 5.83. The second-order valence-corrected chi connectivity index (χ2v) is 8.12. The summed E-state index contributed by atoms with van der Waals surface area (Å²) >= 11 is 0. The van der Waals surface area contributed by atoms with Crippen LogP contribution in [0.5, 0.6) is 0 Å². The minimum Gasteiger partial charge on any atom is -0.457 e. The van der Waals surface area contributed by atoms with Crippen LogP contribution in [0.2, 0.25) is 0 Å². The van der Waals surface area contributed by atoms with Crippen LogP contribution in [0, 0.1) is 19.8 Å². The van der Waals surface area contributed by atoms with Crippen LogP contribution in [-0.4, -0.2) is 46.9 Å². The Bertz CT molecular complexity index is 1150. The van der Waals surface area contributed by atoms with E-state index in [0.29, 0.717) is 17.8 Å². The maximum Gasteiger partial charge on any atom is 0.338 e. The number of aromatic amines is 1. The van der Waals surface area contributed by atoms with Crippen molar-refractivity contribution in [3.8, 4) is 0 Å². The number of likely N-dealkylation sites (tertiary alicyclic amines) is 1. The van der Waals surface area contributed by atoms with E-state index in [1.165, 1.54) is 0 Å². The predicted molar refractivity (Wildman–Crippen MR) is 117 cm³/mol. The molecule has 0 radical (unpaired) electrons. The van der Waals surface area contributed by atoms with Gasteiger partial charge in [-0.25, -0.2) is 4.79 Å². The van der Waals surface area contributed by atoms with Gasteiger partial charge in [-0.15, -0.1) is 0 Å². The number of carbonyl (C=O) groups is 3. The van der Waals surface area contributed by atoms with E-state index in [9.17, 15) is 14.4 Å². The van der Waals surface area contributed by atoms with Crippen LogP contribution in [0.1, 0.15) is 38.4 Å². The molecule has 3 N–H and O–H groups in total. The molecule has 7 heteroatoms. The second kappa shape index (κ2) is 8.26. The first-order chi connectivity index (χ1) is 14.8. The van der Waals surface area contributed by atoms with Gasteiger partial charge in [0.25, 0.3) is 5.91 Å². The molecule has 3 aromatic rings. The van der Waals surface area contributed by atoms with Gasteiger partial charge in [0, 0.05) is 29.8 Å². The van der Waals surface area contributed by atoms with Crippen LogP contribution in [-0.2, 0) is 9.53 Å². The number of nitrogens with one attached hydrogen (secondary N) is 1. The first-order valence-electron chi connectivity index (χ1n) is 10.3. The zero-order valence-corrected chi connectivity index (χ0v) is 17.6. The van der Waals surface area contributed by atoms with Crippen molar-refractivity contribution in [3.63, 3.8) is 0 Å².